The van der Waals surface area contributed by atoms with Crippen molar-refractivity contribution >= 4 is 11.6 Å². The van der Waals surface area contributed by atoms with E-state index in [-0.39, 0.29) is 5.91 Å². The summed E-state index contributed by atoms with van der Waals surface area (Å²) in [7, 11) is 3.86. The highest BCUT2D eigenvalue weighted by molar-refractivity contribution is 5.95. The van der Waals surface area contributed by atoms with Crippen molar-refractivity contribution in [3.05, 3.63) is 54.0 Å². The van der Waals surface area contributed by atoms with E-state index in [1.54, 1.807) is 12.1 Å². The van der Waals surface area contributed by atoms with Crippen molar-refractivity contribution in [1.82, 2.24) is 5.32 Å². The highest BCUT2D eigenvalue weighted by atomic mass is 16.3. The minimum Gasteiger partial charge on any atom is -0.472 e. The van der Waals surface area contributed by atoms with Gasteiger partial charge in [-0.05, 0) is 30.7 Å². The molecule has 1 heterocycles. The lowest BCUT2D eigenvalue weighted by molar-refractivity contribution is 0.0942. The number of aliphatic hydroxyl groups excluding tert-OH is 1. The molecule has 5 nitrogen and oxygen atoms in total. The average Bonchev–Trinajstić information content (AvgIpc) is 3.01. The number of hydrogen-bond donors (Lipinski definition) is 2. The Morgan fingerprint density at radius 2 is 2.19 bits per heavy atom. The molecule has 0 spiro atoms. The summed E-state index contributed by atoms with van der Waals surface area (Å²) >= 11 is 0. The standard InChI is InChI=1S/C16H20N2O3/c1-18(2)14-5-3-4-12(10-14)16(20)17-8-6-15(19)13-7-9-21-11-13/h3-5,7,9-11,15,19H,6,8H2,1-2H3,(H,17,20). The second kappa shape index (κ2) is 6.95. The van der Waals surface area contributed by atoms with Crippen molar-refractivity contribution in [3.63, 3.8) is 0 Å². The van der Waals surface area contributed by atoms with E-state index in [1.807, 2.05) is 37.2 Å². The summed E-state index contributed by atoms with van der Waals surface area (Å²) in [5, 5.41) is 12.7. The molecule has 0 aliphatic heterocycles. The number of rotatable bonds is 6. The molecule has 2 aromatic rings. The Morgan fingerprint density at radius 1 is 1.38 bits per heavy atom. The van der Waals surface area contributed by atoms with E-state index in [4.69, 9.17) is 4.42 Å². The number of amides is 1. The van der Waals surface area contributed by atoms with Crippen LogP contribution in [0.4, 0.5) is 5.69 Å². The number of furan rings is 1. The van der Waals surface area contributed by atoms with Gasteiger partial charge in [0.05, 0.1) is 18.6 Å². The van der Waals surface area contributed by atoms with Gasteiger partial charge in [-0.25, -0.2) is 0 Å². The van der Waals surface area contributed by atoms with Crippen LogP contribution in [0.2, 0.25) is 0 Å². The quantitative estimate of drug-likeness (QED) is 0.855. The fourth-order valence-corrected chi connectivity index (χ4v) is 1.98. The molecule has 1 amide bonds. The van der Waals surface area contributed by atoms with Gasteiger partial charge in [0.2, 0.25) is 0 Å². The molecule has 2 rings (SSSR count). The number of nitrogens with zero attached hydrogens (tertiary/aromatic N) is 1. The predicted octanol–water partition coefficient (Wildman–Crippen LogP) is 2.20. The molecule has 0 radical (unpaired) electrons. The van der Waals surface area contributed by atoms with Gasteiger partial charge in [-0.2, -0.15) is 0 Å². The highest BCUT2D eigenvalue weighted by Gasteiger charge is 2.10. The van der Waals surface area contributed by atoms with E-state index in [2.05, 4.69) is 5.32 Å². The third-order valence-electron chi connectivity index (χ3n) is 3.26. The third kappa shape index (κ3) is 4.10. The second-order valence-corrected chi connectivity index (χ2v) is 5.06. The Labute approximate surface area is 124 Å². The first-order valence-electron chi connectivity index (χ1n) is 6.83. The molecular formula is C16H20N2O3. The lowest BCUT2D eigenvalue weighted by Crippen LogP contribution is -2.25. The molecule has 2 N–H and O–H groups in total. The van der Waals surface area contributed by atoms with Crippen LogP contribution in [0.3, 0.4) is 0 Å². The van der Waals surface area contributed by atoms with Crippen LogP contribution in [0.25, 0.3) is 0 Å². The number of hydrogen-bond acceptors (Lipinski definition) is 4. The van der Waals surface area contributed by atoms with Gasteiger partial charge in [0.25, 0.3) is 5.91 Å². The van der Waals surface area contributed by atoms with E-state index in [0.29, 0.717) is 18.5 Å². The summed E-state index contributed by atoms with van der Waals surface area (Å²) in [6.07, 6.45) is 2.84. The first kappa shape index (κ1) is 15.1. The molecule has 1 aromatic heterocycles. The molecule has 0 saturated heterocycles. The van der Waals surface area contributed by atoms with Gasteiger partial charge in [0.15, 0.2) is 0 Å². The van der Waals surface area contributed by atoms with Crippen molar-refractivity contribution in [2.45, 2.75) is 12.5 Å². The fourth-order valence-electron chi connectivity index (χ4n) is 1.98. The van der Waals surface area contributed by atoms with Crippen molar-refractivity contribution < 1.29 is 14.3 Å². The molecule has 0 saturated carbocycles. The third-order valence-corrected chi connectivity index (χ3v) is 3.26. The van der Waals surface area contributed by atoms with E-state index < -0.39 is 6.10 Å². The zero-order valence-corrected chi connectivity index (χ0v) is 12.2. The van der Waals surface area contributed by atoms with Crippen LogP contribution in [0.15, 0.2) is 47.3 Å². The summed E-state index contributed by atoms with van der Waals surface area (Å²) in [6, 6.07) is 9.12. The van der Waals surface area contributed by atoms with Crippen molar-refractivity contribution in [1.29, 1.82) is 0 Å². The van der Waals surface area contributed by atoms with Gasteiger partial charge in [0, 0.05) is 37.5 Å². The Kier molecular flexibility index (Phi) is 5.00. The monoisotopic (exact) mass is 288 g/mol. The van der Waals surface area contributed by atoms with Crippen molar-refractivity contribution in [2.24, 2.45) is 0 Å². The van der Waals surface area contributed by atoms with E-state index in [1.165, 1.54) is 12.5 Å². The molecule has 1 atom stereocenters. The maximum Gasteiger partial charge on any atom is 0.251 e. The summed E-state index contributed by atoms with van der Waals surface area (Å²) < 4.78 is 4.92. The van der Waals surface area contributed by atoms with Crippen LogP contribution in [0.5, 0.6) is 0 Å². The maximum absolute atomic E-state index is 12.1. The zero-order chi connectivity index (χ0) is 15.2. The minimum atomic E-state index is -0.628. The number of anilines is 1. The molecule has 0 fully saturated rings. The van der Waals surface area contributed by atoms with Crippen molar-refractivity contribution in [2.75, 3.05) is 25.5 Å². The van der Waals surface area contributed by atoms with Crippen LogP contribution < -0.4 is 10.2 Å². The number of nitrogens with one attached hydrogen (secondary N) is 1. The predicted molar refractivity (Wildman–Crippen MR) is 81.4 cm³/mol. The van der Waals surface area contributed by atoms with Gasteiger partial charge in [-0.1, -0.05) is 6.07 Å². The van der Waals surface area contributed by atoms with E-state index in [9.17, 15) is 9.90 Å². The molecular weight excluding hydrogens is 268 g/mol. The van der Waals surface area contributed by atoms with Crippen molar-refractivity contribution in [3.8, 4) is 0 Å². The maximum atomic E-state index is 12.1. The number of carbonyl (C=O) groups is 1. The Morgan fingerprint density at radius 3 is 2.86 bits per heavy atom. The van der Waals surface area contributed by atoms with Gasteiger partial charge in [-0.15, -0.1) is 0 Å². The Balaban J connectivity index is 1.86. The van der Waals surface area contributed by atoms with Gasteiger partial charge >= 0.3 is 0 Å². The first-order valence-corrected chi connectivity index (χ1v) is 6.83. The topological polar surface area (TPSA) is 65.7 Å². The molecule has 0 bridgehead atoms. The highest BCUT2D eigenvalue weighted by Crippen LogP contribution is 2.16. The molecule has 0 aliphatic rings. The zero-order valence-electron chi connectivity index (χ0n) is 12.2. The molecule has 1 aromatic carbocycles. The molecule has 5 heteroatoms. The summed E-state index contributed by atoms with van der Waals surface area (Å²) in [5.41, 5.74) is 2.30. The first-order chi connectivity index (χ1) is 10.1. The summed E-state index contributed by atoms with van der Waals surface area (Å²) in [5.74, 6) is -0.141. The summed E-state index contributed by atoms with van der Waals surface area (Å²) in [6.45, 7) is 0.400. The lowest BCUT2D eigenvalue weighted by Gasteiger charge is -2.14. The fraction of sp³-hybridized carbons (Fsp3) is 0.312. The molecule has 1 unspecified atom stereocenters. The van der Waals surface area contributed by atoms with Crippen LogP contribution in [-0.2, 0) is 0 Å². The Bertz CT molecular complexity index is 579. The summed E-state index contributed by atoms with van der Waals surface area (Å²) in [4.78, 5) is 14.0. The normalized spacial score (nSPS) is 12.0. The number of benzene rings is 1. The van der Waals surface area contributed by atoms with Gasteiger partial charge in [0.1, 0.15) is 0 Å². The molecule has 21 heavy (non-hydrogen) atoms. The van der Waals surface area contributed by atoms with Crippen LogP contribution >= 0.6 is 0 Å². The minimum absolute atomic E-state index is 0.141. The van der Waals surface area contributed by atoms with Crippen LogP contribution in [0, 0.1) is 0 Å². The average molecular weight is 288 g/mol. The second-order valence-electron chi connectivity index (χ2n) is 5.06. The van der Waals surface area contributed by atoms with Gasteiger partial charge in [-0.3, -0.25) is 4.79 Å². The SMILES string of the molecule is CN(C)c1cccc(C(=O)NCCC(O)c2ccoc2)c1. The van der Waals surface area contributed by atoms with Crippen LogP contribution in [0.1, 0.15) is 28.4 Å². The lowest BCUT2D eigenvalue weighted by atomic mass is 10.1. The van der Waals surface area contributed by atoms with Crippen LogP contribution in [-0.4, -0.2) is 31.7 Å². The van der Waals surface area contributed by atoms with E-state index in [0.717, 1.165) is 11.3 Å². The van der Waals surface area contributed by atoms with Gasteiger partial charge < -0.3 is 19.7 Å². The largest absolute Gasteiger partial charge is 0.472 e. The molecule has 0 aliphatic carbocycles. The number of carbonyl (C=O) groups excluding carboxylic acids is 1. The smallest absolute Gasteiger partial charge is 0.251 e. The Hall–Kier alpha value is -2.27. The number of aliphatic hydroxyl groups is 1. The van der Waals surface area contributed by atoms with E-state index >= 15 is 0 Å². The molecule has 112 valence electrons.